The summed E-state index contributed by atoms with van der Waals surface area (Å²) < 4.78 is 38.6. The summed E-state index contributed by atoms with van der Waals surface area (Å²) in [7, 11) is 0. The molecule has 0 aliphatic rings. The Balaban J connectivity index is 2.67. The smallest absolute Gasteiger partial charge is 0.418 e. The van der Waals surface area contributed by atoms with Crippen molar-refractivity contribution in [3.63, 3.8) is 0 Å². The lowest BCUT2D eigenvalue weighted by molar-refractivity contribution is -0.137. The van der Waals surface area contributed by atoms with Gasteiger partial charge in [0, 0.05) is 5.56 Å². The summed E-state index contributed by atoms with van der Waals surface area (Å²) in [6.45, 7) is 0. The van der Waals surface area contributed by atoms with Crippen LogP contribution in [0.15, 0.2) is 42.5 Å². The Morgan fingerprint density at radius 2 is 1.68 bits per heavy atom. The molecule has 0 atom stereocenters. The number of rotatable bonds is 2. The fraction of sp³-hybridized carbons (Fsp3) is 0.0769. The maximum Gasteiger partial charge on any atom is 0.418 e. The monoisotopic (exact) mass is 267 g/mol. The van der Waals surface area contributed by atoms with Crippen molar-refractivity contribution in [2.75, 3.05) is 0 Å². The average Bonchev–Trinajstić information content (AvgIpc) is 2.38. The Bertz CT molecular complexity index is 609. The molecule has 3 nitrogen and oxygen atoms in total. The van der Waals surface area contributed by atoms with Crippen LogP contribution < -0.4 is 0 Å². The van der Waals surface area contributed by atoms with Crippen LogP contribution in [0.1, 0.15) is 16.1 Å². The lowest BCUT2D eigenvalue weighted by Gasteiger charge is -2.12. The minimum Gasteiger partial charge on any atom is -0.477 e. The second-order valence-electron chi connectivity index (χ2n) is 3.76. The van der Waals surface area contributed by atoms with E-state index in [2.05, 4.69) is 4.98 Å². The summed E-state index contributed by atoms with van der Waals surface area (Å²) in [6, 6.07) is 9.25. The summed E-state index contributed by atoms with van der Waals surface area (Å²) in [6.07, 6.45) is -4.59. The third kappa shape index (κ3) is 2.73. The van der Waals surface area contributed by atoms with Gasteiger partial charge in [0.15, 0.2) is 0 Å². The van der Waals surface area contributed by atoms with Gasteiger partial charge < -0.3 is 5.11 Å². The molecular formula is C13H8F3NO2. The Morgan fingerprint density at radius 3 is 2.21 bits per heavy atom. The van der Waals surface area contributed by atoms with Gasteiger partial charge in [0.2, 0.25) is 0 Å². The van der Waals surface area contributed by atoms with Gasteiger partial charge in [0.1, 0.15) is 5.69 Å². The van der Waals surface area contributed by atoms with Crippen LogP contribution in [0.4, 0.5) is 13.2 Å². The van der Waals surface area contributed by atoms with Crippen LogP contribution in [-0.4, -0.2) is 16.1 Å². The molecule has 0 spiro atoms. The summed E-state index contributed by atoms with van der Waals surface area (Å²) in [4.78, 5) is 14.4. The molecule has 98 valence electrons. The fourth-order valence-electron chi connectivity index (χ4n) is 1.62. The molecule has 1 heterocycles. The van der Waals surface area contributed by atoms with Gasteiger partial charge in [-0.2, -0.15) is 13.2 Å². The number of carbonyl (C=O) groups is 1. The van der Waals surface area contributed by atoms with E-state index in [1.165, 1.54) is 12.1 Å². The van der Waals surface area contributed by atoms with Gasteiger partial charge in [-0.15, -0.1) is 0 Å². The molecule has 0 saturated heterocycles. The third-order valence-electron chi connectivity index (χ3n) is 2.47. The molecule has 0 unspecified atom stereocenters. The van der Waals surface area contributed by atoms with Crippen molar-refractivity contribution in [3.8, 4) is 11.3 Å². The van der Waals surface area contributed by atoms with E-state index >= 15 is 0 Å². The van der Waals surface area contributed by atoms with Crippen molar-refractivity contribution in [3.05, 3.63) is 53.7 Å². The second kappa shape index (κ2) is 4.72. The number of aromatic nitrogens is 1. The molecule has 1 aromatic carbocycles. The number of halogens is 3. The molecule has 6 heteroatoms. The molecule has 2 rings (SSSR count). The number of benzene rings is 1. The van der Waals surface area contributed by atoms with Crippen LogP contribution >= 0.6 is 0 Å². The first-order valence-electron chi connectivity index (χ1n) is 5.26. The van der Waals surface area contributed by atoms with Crippen molar-refractivity contribution >= 4 is 5.97 Å². The minimum atomic E-state index is -4.59. The quantitative estimate of drug-likeness (QED) is 0.906. The minimum absolute atomic E-state index is 0.220. The zero-order valence-electron chi connectivity index (χ0n) is 9.48. The average molecular weight is 267 g/mol. The van der Waals surface area contributed by atoms with Gasteiger partial charge in [-0.05, 0) is 12.1 Å². The maximum atomic E-state index is 12.9. The highest BCUT2D eigenvalue weighted by molar-refractivity contribution is 5.86. The molecule has 0 aliphatic carbocycles. The van der Waals surface area contributed by atoms with Crippen molar-refractivity contribution in [1.82, 2.24) is 4.98 Å². The van der Waals surface area contributed by atoms with Gasteiger partial charge in [-0.1, -0.05) is 30.3 Å². The highest BCUT2D eigenvalue weighted by Gasteiger charge is 2.35. The summed E-state index contributed by atoms with van der Waals surface area (Å²) in [5, 5.41) is 8.81. The Labute approximate surface area is 106 Å². The van der Waals surface area contributed by atoms with Crippen LogP contribution in [0.2, 0.25) is 0 Å². The normalized spacial score (nSPS) is 11.3. The lowest BCUT2D eigenvalue weighted by atomic mass is 10.0. The highest BCUT2D eigenvalue weighted by atomic mass is 19.4. The molecule has 0 bridgehead atoms. The van der Waals surface area contributed by atoms with E-state index in [0.29, 0.717) is 0 Å². The van der Waals surface area contributed by atoms with Crippen LogP contribution in [-0.2, 0) is 6.18 Å². The number of alkyl halides is 3. The molecule has 2 aromatic rings. The molecule has 1 aromatic heterocycles. The van der Waals surface area contributed by atoms with Crippen LogP contribution in [0.3, 0.4) is 0 Å². The van der Waals surface area contributed by atoms with E-state index in [4.69, 9.17) is 5.11 Å². The number of carboxylic acids is 1. The van der Waals surface area contributed by atoms with E-state index in [1.807, 2.05) is 0 Å². The maximum absolute atomic E-state index is 12.9. The fourth-order valence-corrected chi connectivity index (χ4v) is 1.62. The van der Waals surface area contributed by atoms with Gasteiger partial charge in [-0.25, -0.2) is 9.78 Å². The standard InChI is InChI=1S/C13H8F3NO2/c14-13(15,16)9-6-7-10(12(18)19)17-11(9)8-4-2-1-3-5-8/h1-7H,(H,18,19). The van der Waals surface area contributed by atoms with Crippen LogP contribution in [0, 0.1) is 0 Å². The Hall–Kier alpha value is -2.37. The van der Waals surface area contributed by atoms with Crippen LogP contribution in [0.25, 0.3) is 11.3 Å². The molecular weight excluding hydrogens is 259 g/mol. The molecule has 0 amide bonds. The first-order chi connectivity index (χ1) is 8.89. The van der Waals surface area contributed by atoms with E-state index < -0.39 is 23.4 Å². The molecule has 0 saturated carbocycles. The first kappa shape index (κ1) is 13.1. The molecule has 0 radical (unpaired) electrons. The highest BCUT2D eigenvalue weighted by Crippen LogP contribution is 2.35. The van der Waals surface area contributed by atoms with Gasteiger partial charge >= 0.3 is 12.1 Å². The molecule has 0 fully saturated rings. The molecule has 19 heavy (non-hydrogen) atoms. The first-order valence-corrected chi connectivity index (χ1v) is 5.26. The topological polar surface area (TPSA) is 50.2 Å². The number of hydrogen-bond acceptors (Lipinski definition) is 2. The van der Waals surface area contributed by atoms with Crippen molar-refractivity contribution < 1.29 is 23.1 Å². The van der Waals surface area contributed by atoms with E-state index in [0.717, 1.165) is 12.1 Å². The SMILES string of the molecule is O=C(O)c1ccc(C(F)(F)F)c(-c2ccccc2)n1. The number of carboxylic acid groups (broad SMARTS) is 1. The predicted molar refractivity (Wildman–Crippen MR) is 61.6 cm³/mol. The van der Waals surface area contributed by atoms with E-state index in [9.17, 15) is 18.0 Å². The number of nitrogens with zero attached hydrogens (tertiary/aromatic N) is 1. The number of pyridine rings is 1. The zero-order chi connectivity index (χ0) is 14.0. The van der Waals surface area contributed by atoms with E-state index in [-0.39, 0.29) is 11.3 Å². The Morgan fingerprint density at radius 1 is 1.05 bits per heavy atom. The van der Waals surface area contributed by atoms with Crippen molar-refractivity contribution in [2.45, 2.75) is 6.18 Å². The van der Waals surface area contributed by atoms with Gasteiger partial charge in [0.05, 0.1) is 11.3 Å². The molecule has 1 N–H and O–H groups in total. The van der Waals surface area contributed by atoms with Gasteiger partial charge in [-0.3, -0.25) is 0 Å². The predicted octanol–water partition coefficient (Wildman–Crippen LogP) is 3.47. The number of hydrogen-bond donors (Lipinski definition) is 1. The number of aromatic carboxylic acids is 1. The third-order valence-corrected chi connectivity index (χ3v) is 2.47. The summed E-state index contributed by atoms with van der Waals surface area (Å²) in [5.74, 6) is -1.37. The zero-order valence-corrected chi connectivity index (χ0v) is 9.48. The molecule has 0 aliphatic heterocycles. The summed E-state index contributed by atoms with van der Waals surface area (Å²) >= 11 is 0. The van der Waals surface area contributed by atoms with Crippen molar-refractivity contribution in [2.24, 2.45) is 0 Å². The summed E-state index contributed by atoms with van der Waals surface area (Å²) in [5.41, 5.74) is -1.54. The van der Waals surface area contributed by atoms with E-state index in [1.54, 1.807) is 18.2 Å². The van der Waals surface area contributed by atoms with Crippen LogP contribution in [0.5, 0.6) is 0 Å². The lowest BCUT2D eigenvalue weighted by Crippen LogP contribution is -2.11. The second-order valence-corrected chi connectivity index (χ2v) is 3.76. The largest absolute Gasteiger partial charge is 0.477 e. The van der Waals surface area contributed by atoms with Gasteiger partial charge in [0.25, 0.3) is 0 Å². The Kier molecular flexibility index (Phi) is 3.25. The van der Waals surface area contributed by atoms with Crippen molar-refractivity contribution in [1.29, 1.82) is 0 Å².